The first-order valence-electron chi connectivity index (χ1n) is 5.81. The summed E-state index contributed by atoms with van der Waals surface area (Å²) in [5.41, 5.74) is 1.66. The maximum Gasteiger partial charge on any atom is 0.433 e. The third kappa shape index (κ3) is 3.59. The summed E-state index contributed by atoms with van der Waals surface area (Å²) in [5, 5.41) is 11.0. The van der Waals surface area contributed by atoms with Gasteiger partial charge in [-0.25, -0.2) is 0 Å². The van der Waals surface area contributed by atoms with Gasteiger partial charge in [0.25, 0.3) is 0 Å². The van der Waals surface area contributed by atoms with E-state index >= 15 is 0 Å². The van der Waals surface area contributed by atoms with Gasteiger partial charge in [0.15, 0.2) is 5.76 Å². The third-order valence-corrected chi connectivity index (χ3v) is 3.57. The average Bonchev–Trinajstić information content (AvgIpc) is 2.90. The monoisotopic (exact) mass is 369 g/mol. The van der Waals surface area contributed by atoms with Gasteiger partial charge in [-0.2, -0.15) is 0 Å². The van der Waals surface area contributed by atoms with Crippen LogP contribution in [0.25, 0.3) is 6.08 Å². The smallest absolute Gasteiger partial charge is 0.397 e. The number of carbonyl (C=O) groups is 1. The quantitative estimate of drug-likeness (QED) is 0.336. The molecule has 7 heteroatoms. The number of hydrogen-bond acceptors (Lipinski definition) is 4. The van der Waals surface area contributed by atoms with Crippen LogP contribution in [0.3, 0.4) is 0 Å². The minimum atomic E-state index is -0.703. The Labute approximate surface area is 133 Å². The Balaban J connectivity index is 2.29. The number of nitrogens with zero attached hydrogens (tertiary/aromatic N) is 1. The molecule has 1 heterocycles. The summed E-state index contributed by atoms with van der Waals surface area (Å²) in [5.74, 6) is -1.10. The molecule has 0 aliphatic carbocycles. The Bertz CT molecular complexity index is 751. The molecular formula is C14H9BrClNO4. The average molecular weight is 371 g/mol. The van der Waals surface area contributed by atoms with E-state index in [0.29, 0.717) is 10.6 Å². The van der Waals surface area contributed by atoms with Crippen LogP contribution in [0, 0.1) is 17.0 Å². The van der Waals surface area contributed by atoms with Crippen molar-refractivity contribution in [3.8, 4) is 0 Å². The number of ketones is 1. The van der Waals surface area contributed by atoms with E-state index in [4.69, 9.17) is 16.0 Å². The molecule has 1 aromatic carbocycles. The lowest BCUT2D eigenvalue weighted by Crippen LogP contribution is -1.96. The first-order chi connectivity index (χ1) is 9.88. The number of aryl methyl sites for hydroxylation is 1. The maximum absolute atomic E-state index is 12.1. The van der Waals surface area contributed by atoms with E-state index in [1.807, 2.05) is 13.0 Å². The lowest BCUT2D eigenvalue weighted by atomic mass is 10.1. The standard InChI is InChI=1S/C14H9BrClNO4/c1-8-2-3-9(11(16)6-8)7-10(15)14(18)12-4-5-13(21-12)17(19)20/h2-7H,1H3/b10-7-. The number of benzene rings is 1. The SMILES string of the molecule is Cc1ccc(/C=C(\Br)C(=O)c2ccc([N+](=O)[O-])o2)c(Cl)c1. The van der Waals surface area contributed by atoms with Crippen molar-refractivity contribution in [1.82, 2.24) is 0 Å². The fraction of sp³-hybridized carbons (Fsp3) is 0.0714. The minimum absolute atomic E-state index is 0.118. The molecule has 0 spiro atoms. The van der Waals surface area contributed by atoms with Crippen molar-refractivity contribution in [3.63, 3.8) is 0 Å². The van der Waals surface area contributed by atoms with Gasteiger partial charge in [0.05, 0.1) is 10.5 Å². The molecular weight excluding hydrogens is 362 g/mol. The molecule has 0 radical (unpaired) electrons. The van der Waals surface area contributed by atoms with Gasteiger partial charge in [-0.05, 0) is 52.2 Å². The van der Waals surface area contributed by atoms with E-state index in [1.165, 1.54) is 6.07 Å². The predicted octanol–water partition coefficient (Wildman–Crippen LogP) is 4.77. The molecule has 0 N–H and O–H groups in total. The van der Waals surface area contributed by atoms with Crippen LogP contribution >= 0.6 is 27.5 Å². The van der Waals surface area contributed by atoms with Crippen molar-refractivity contribution in [2.24, 2.45) is 0 Å². The highest BCUT2D eigenvalue weighted by molar-refractivity contribution is 9.12. The summed E-state index contributed by atoms with van der Waals surface area (Å²) in [7, 11) is 0. The van der Waals surface area contributed by atoms with E-state index < -0.39 is 16.6 Å². The summed E-state index contributed by atoms with van der Waals surface area (Å²) in [4.78, 5) is 21.9. The van der Waals surface area contributed by atoms with Gasteiger partial charge in [-0.1, -0.05) is 23.7 Å². The first kappa shape index (κ1) is 15.5. The number of halogens is 2. The van der Waals surface area contributed by atoms with Crippen LogP contribution in [0.5, 0.6) is 0 Å². The third-order valence-electron chi connectivity index (χ3n) is 2.65. The molecule has 2 aromatic rings. The number of carbonyl (C=O) groups excluding carboxylic acids is 1. The highest BCUT2D eigenvalue weighted by atomic mass is 79.9. The molecule has 108 valence electrons. The molecule has 2 rings (SSSR count). The van der Waals surface area contributed by atoms with E-state index in [-0.39, 0.29) is 10.2 Å². The van der Waals surface area contributed by atoms with Gasteiger partial charge in [-0.3, -0.25) is 14.9 Å². The molecule has 0 aliphatic rings. The van der Waals surface area contributed by atoms with Crippen molar-refractivity contribution in [2.45, 2.75) is 6.92 Å². The van der Waals surface area contributed by atoms with Crippen LogP contribution in [0.15, 0.2) is 39.2 Å². The summed E-state index contributed by atoms with van der Waals surface area (Å²) >= 11 is 9.22. The second-order valence-electron chi connectivity index (χ2n) is 4.24. The summed E-state index contributed by atoms with van der Waals surface area (Å²) in [6, 6.07) is 7.80. The molecule has 1 aromatic heterocycles. The largest absolute Gasteiger partial charge is 0.433 e. The van der Waals surface area contributed by atoms with Crippen molar-refractivity contribution >= 4 is 45.3 Å². The number of rotatable bonds is 4. The Morgan fingerprint density at radius 3 is 2.67 bits per heavy atom. The molecule has 0 aliphatic heterocycles. The number of furan rings is 1. The number of nitro groups is 1. The second-order valence-corrected chi connectivity index (χ2v) is 5.50. The van der Waals surface area contributed by atoms with Gasteiger partial charge in [-0.15, -0.1) is 0 Å². The van der Waals surface area contributed by atoms with Crippen molar-refractivity contribution in [2.75, 3.05) is 0 Å². The second kappa shape index (κ2) is 6.24. The molecule has 5 nitrogen and oxygen atoms in total. The number of hydrogen-bond donors (Lipinski definition) is 0. The molecule has 0 unspecified atom stereocenters. The van der Waals surface area contributed by atoms with Crippen LogP contribution in [0.4, 0.5) is 5.88 Å². The van der Waals surface area contributed by atoms with Crippen LogP contribution in [-0.2, 0) is 0 Å². The molecule has 0 saturated heterocycles. The topological polar surface area (TPSA) is 73.3 Å². The molecule has 0 saturated carbocycles. The Kier molecular flexibility index (Phi) is 4.59. The minimum Gasteiger partial charge on any atom is -0.397 e. The number of allylic oxidation sites excluding steroid dienone is 1. The molecule has 0 fully saturated rings. The zero-order valence-electron chi connectivity index (χ0n) is 10.8. The first-order valence-corrected chi connectivity index (χ1v) is 6.98. The maximum atomic E-state index is 12.1. The highest BCUT2D eigenvalue weighted by Crippen LogP contribution is 2.25. The molecule has 0 amide bonds. The van der Waals surface area contributed by atoms with Crippen molar-refractivity contribution in [3.05, 3.63) is 66.8 Å². The van der Waals surface area contributed by atoms with E-state index in [0.717, 1.165) is 11.6 Å². The lowest BCUT2D eigenvalue weighted by molar-refractivity contribution is -0.402. The van der Waals surface area contributed by atoms with Crippen molar-refractivity contribution < 1.29 is 14.1 Å². The summed E-state index contributed by atoms with van der Waals surface area (Å²) in [6.07, 6.45) is 1.54. The Morgan fingerprint density at radius 2 is 2.10 bits per heavy atom. The zero-order valence-corrected chi connectivity index (χ0v) is 13.1. The predicted molar refractivity (Wildman–Crippen MR) is 82.8 cm³/mol. The Morgan fingerprint density at radius 1 is 1.38 bits per heavy atom. The van der Waals surface area contributed by atoms with Gasteiger partial charge < -0.3 is 4.42 Å². The van der Waals surface area contributed by atoms with Crippen LogP contribution in [-0.4, -0.2) is 10.7 Å². The summed E-state index contributed by atoms with van der Waals surface area (Å²) < 4.78 is 5.05. The Hall–Kier alpha value is -1.92. The van der Waals surface area contributed by atoms with Crippen LogP contribution < -0.4 is 0 Å². The van der Waals surface area contributed by atoms with Crippen LogP contribution in [0.1, 0.15) is 21.7 Å². The zero-order chi connectivity index (χ0) is 15.6. The molecule has 21 heavy (non-hydrogen) atoms. The van der Waals surface area contributed by atoms with E-state index in [2.05, 4.69) is 15.9 Å². The van der Waals surface area contributed by atoms with Gasteiger partial charge in [0.2, 0.25) is 5.78 Å². The highest BCUT2D eigenvalue weighted by Gasteiger charge is 2.19. The summed E-state index contributed by atoms with van der Waals surface area (Å²) in [6.45, 7) is 1.90. The van der Waals surface area contributed by atoms with Gasteiger partial charge in [0.1, 0.15) is 4.92 Å². The van der Waals surface area contributed by atoms with Gasteiger partial charge >= 0.3 is 5.88 Å². The molecule has 0 bridgehead atoms. The lowest BCUT2D eigenvalue weighted by Gasteiger charge is -2.01. The normalized spacial score (nSPS) is 11.5. The van der Waals surface area contributed by atoms with Crippen molar-refractivity contribution in [1.29, 1.82) is 0 Å². The fourth-order valence-corrected chi connectivity index (χ4v) is 2.35. The number of Topliss-reactive ketones (excluding diaryl/α,β-unsaturated/α-hetero) is 1. The molecule has 0 atom stereocenters. The fourth-order valence-electron chi connectivity index (χ4n) is 1.62. The van der Waals surface area contributed by atoms with E-state index in [1.54, 1.807) is 18.2 Å². The van der Waals surface area contributed by atoms with Crippen LogP contribution in [0.2, 0.25) is 5.02 Å². The van der Waals surface area contributed by atoms with E-state index in [9.17, 15) is 14.9 Å². The van der Waals surface area contributed by atoms with Gasteiger partial charge in [0, 0.05) is 5.02 Å².